The van der Waals surface area contributed by atoms with Crippen LogP contribution in [-0.2, 0) is 11.2 Å². The standard InChI is InChI=1S/C21H28N4O2S/c1-13-4-3-5-20(22-13)25-10-15-8-18(19(26)9-16(15)11-25)24-21(27)7-6-17-12-28-14(2)23-17/h3-5,12,15-16,18-19,26H,6-11H2,1-2H3,(H,24,27)/t15-,16+,18-,19-/m0/s1. The van der Waals surface area contributed by atoms with Crippen molar-refractivity contribution in [2.75, 3.05) is 18.0 Å². The third-order valence-corrected chi connectivity index (χ3v) is 6.78. The summed E-state index contributed by atoms with van der Waals surface area (Å²) in [6.45, 7) is 5.86. The molecule has 28 heavy (non-hydrogen) atoms. The Morgan fingerprint density at radius 2 is 2.04 bits per heavy atom. The first-order valence-corrected chi connectivity index (χ1v) is 10.9. The number of carbonyl (C=O) groups excluding carboxylic acids is 1. The summed E-state index contributed by atoms with van der Waals surface area (Å²) in [5.74, 6) is 1.96. The number of anilines is 1. The van der Waals surface area contributed by atoms with Gasteiger partial charge >= 0.3 is 0 Å². The Hall–Kier alpha value is -1.99. The lowest BCUT2D eigenvalue weighted by atomic mass is 9.77. The number of pyridine rings is 1. The maximum absolute atomic E-state index is 12.4. The summed E-state index contributed by atoms with van der Waals surface area (Å²) in [5.41, 5.74) is 1.99. The lowest BCUT2D eigenvalue weighted by Crippen LogP contribution is -2.49. The number of aliphatic hydroxyl groups is 1. The third-order valence-electron chi connectivity index (χ3n) is 5.96. The molecule has 1 aliphatic carbocycles. The minimum atomic E-state index is -0.475. The summed E-state index contributed by atoms with van der Waals surface area (Å²) < 4.78 is 0. The number of amides is 1. The Morgan fingerprint density at radius 3 is 2.75 bits per heavy atom. The number of aryl methyl sites for hydroxylation is 3. The third kappa shape index (κ3) is 4.36. The molecule has 0 bridgehead atoms. The Kier molecular flexibility index (Phi) is 5.64. The average Bonchev–Trinajstić information content (AvgIpc) is 3.26. The van der Waals surface area contributed by atoms with Gasteiger partial charge in [0.15, 0.2) is 0 Å². The van der Waals surface area contributed by atoms with Crippen LogP contribution in [0.25, 0.3) is 0 Å². The zero-order chi connectivity index (χ0) is 19.7. The van der Waals surface area contributed by atoms with Crippen molar-refractivity contribution in [1.82, 2.24) is 15.3 Å². The van der Waals surface area contributed by atoms with Crippen molar-refractivity contribution in [2.24, 2.45) is 11.8 Å². The molecule has 2 fully saturated rings. The summed E-state index contributed by atoms with van der Waals surface area (Å²) >= 11 is 1.61. The number of thiazole rings is 1. The van der Waals surface area contributed by atoms with Gasteiger partial charge in [-0.15, -0.1) is 11.3 Å². The molecule has 0 unspecified atom stereocenters. The van der Waals surface area contributed by atoms with Crippen LogP contribution in [0.15, 0.2) is 23.6 Å². The molecule has 2 aliphatic rings. The van der Waals surface area contributed by atoms with Crippen molar-refractivity contribution in [1.29, 1.82) is 0 Å². The van der Waals surface area contributed by atoms with Crippen LogP contribution in [0.2, 0.25) is 0 Å². The molecule has 4 rings (SSSR count). The van der Waals surface area contributed by atoms with Crippen LogP contribution < -0.4 is 10.2 Å². The van der Waals surface area contributed by atoms with Gasteiger partial charge in [-0.3, -0.25) is 4.79 Å². The summed E-state index contributed by atoms with van der Waals surface area (Å²) in [6, 6.07) is 5.95. The fourth-order valence-electron chi connectivity index (χ4n) is 4.52. The van der Waals surface area contributed by atoms with Crippen molar-refractivity contribution in [2.45, 2.75) is 51.7 Å². The Bertz CT molecular complexity index is 839. The van der Waals surface area contributed by atoms with Gasteiger partial charge in [-0.05, 0) is 57.1 Å². The van der Waals surface area contributed by atoms with E-state index in [4.69, 9.17) is 0 Å². The molecule has 1 amide bonds. The molecule has 3 heterocycles. The topological polar surface area (TPSA) is 78.4 Å². The number of nitrogens with zero attached hydrogens (tertiary/aromatic N) is 3. The zero-order valence-corrected chi connectivity index (χ0v) is 17.3. The van der Waals surface area contributed by atoms with Crippen molar-refractivity contribution in [3.05, 3.63) is 40.0 Å². The van der Waals surface area contributed by atoms with Gasteiger partial charge in [-0.1, -0.05) is 6.07 Å². The van der Waals surface area contributed by atoms with Crippen molar-refractivity contribution >= 4 is 23.1 Å². The zero-order valence-electron chi connectivity index (χ0n) is 16.5. The van der Waals surface area contributed by atoms with Gasteiger partial charge in [0.2, 0.25) is 5.91 Å². The van der Waals surface area contributed by atoms with E-state index < -0.39 is 6.10 Å². The maximum Gasteiger partial charge on any atom is 0.220 e. The Labute approximate surface area is 170 Å². The minimum Gasteiger partial charge on any atom is -0.391 e. The second kappa shape index (κ2) is 8.17. The fraction of sp³-hybridized carbons (Fsp3) is 0.571. The van der Waals surface area contributed by atoms with E-state index in [-0.39, 0.29) is 11.9 Å². The smallest absolute Gasteiger partial charge is 0.220 e. The van der Waals surface area contributed by atoms with Gasteiger partial charge in [0.05, 0.1) is 22.8 Å². The molecule has 1 saturated heterocycles. The van der Waals surface area contributed by atoms with E-state index in [1.165, 1.54) is 0 Å². The van der Waals surface area contributed by atoms with Crippen LogP contribution >= 0.6 is 11.3 Å². The first kappa shape index (κ1) is 19.3. The minimum absolute atomic E-state index is 0.00311. The number of hydrogen-bond donors (Lipinski definition) is 2. The number of aliphatic hydroxyl groups excluding tert-OH is 1. The highest BCUT2D eigenvalue weighted by molar-refractivity contribution is 7.09. The number of carbonyl (C=O) groups is 1. The molecule has 2 aromatic rings. The van der Waals surface area contributed by atoms with E-state index in [0.29, 0.717) is 24.7 Å². The Balaban J connectivity index is 1.32. The summed E-state index contributed by atoms with van der Waals surface area (Å²) in [5, 5.41) is 16.7. The van der Waals surface area contributed by atoms with Gasteiger partial charge in [0, 0.05) is 30.6 Å². The van der Waals surface area contributed by atoms with Crippen LogP contribution in [-0.4, -0.2) is 46.2 Å². The van der Waals surface area contributed by atoms with Crippen molar-refractivity contribution in [3.8, 4) is 0 Å². The first-order chi connectivity index (χ1) is 13.5. The number of rotatable bonds is 5. The van der Waals surface area contributed by atoms with Crippen molar-refractivity contribution < 1.29 is 9.90 Å². The van der Waals surface area contributed by atoms with Gasteiger partial charge in [-0.25, -0.2) is 9.97 Å². The normalized spacial score (nSPS) is 26.9. The average molecular weight is 401 g/mol. The number of fused-ring (bicyclic) bond motifs is 1. The summed E-state index contributed by atoms with van der Waals surface area (Å²) in [4.78, 5) is 23.8. The van der Waals surface area contributed by atoms with Gasteiger partial charge in [-0.2, -0.15) is 0 Å². The molecule has 6 nitrogen and oxygen atoms in total. The predicted molar refractivity (Wildman–Crippen MR) is 111 cm³/mol. The largest absolute Gasteiger partial charge is 0.391 e. The predicted octanol–water partition coefficient (Wildman–Crippen LogP) is 2.48. The highest BCUT2D eigenvalue weighted by Crippen LogP contribution is 2.38. The lowest BCUT2D eigenvalue weighted by Gasteiger charge is -2.35. The molecule has 0 aromatic carbocycles. The van der Waals surface area contributed by atoms with E-state index in [0.717, 1.165) is 48.1 Å². The summed E-state index contributed by atoms with van der Waals surface area (Å²) in [6.07, 6.45) is 2.16. The number of hydrogen-bond acceptors (Lipinski definition) is 6. The molecule has 1 aliphatic heterocycles. The number of aromatic nitrogens is 2. The van der Waals surface area contributed by atoms with E-state index in [2.05, 4.69) is 26.3 Å². The highest BCUT2D eigenvalue weighted by Gasteiger charge is 2.42. The van der Waals surface area contributed by atoms with Crippen LogP contribution in [0.4, 0.5) is 5.82 Å². The molecular formula is C21H28N4O2S. The molecule has 150 valence electrons. The molecule has 2 N–H and O–H groups in total. The van der Waals surface area contributed by atoms with Crippen LogP contribution in [0.5, 0.6) is 0 Å². The van der Waals surface area contributed by atoms with Gasteiger partial charge < -0.3 is 15.3 Å². The molecule has 0 spiro atoms. The number of nitrogens with one attached hydrogen (secondary N) is 1. The molecule has 0 radical (unpaired) electrons. The fourth-order valence-corrected chi connectivity index (χ4v) is 5.17. The van der Waals surface area contributed by atoms with Crippen LogP contribution in [0.1, 0.15) is 35.7 Å². The van der Waals surface area contributed by atoms with Crippen LogP contribution in [0.3, 0.4) is 0 Å². The van der Waals surface area contributed by atoms with Gasteiger partial charge in [0.25, 0.3) is 0 Å². The van der Waals surface area contributed by atoms with Gasteiger partial charge in [0.1, 0.15) is 5.82 Å². The van der Waals surface area contributed by atoms with E-state index in [1.54, 1.807) is 11.3 Å². The molecule has 2 aromatic heterocycles. The van der Waals surface area contributed by atoms with Crippen molar-refractivity contribution in [3.63, 3.8) is 0 Å². The second-order valence-electron chi connectivity index (χ2n) is 8.13. The second-order valence-corrected chi connectivity index (χ2v) is 9.20. The van der Waals surface area contributed by atoms with E-state index in [1.807, 2.05) is 31.4 Å². The lowest BCUT2D eigenvalue weighted by molar-refractivity contribution is -0.123. The molecule has 7 heteroatoms. The molecular weight excluding hydrogens is 372 g/mol. The van der Waals surface area contributed by atoms with E-state index >= 15 is 0 Å². The molecule has 4 atom stereocenters. The highest BCUT2D eigenvalue weighted by atomic mass is 32.1. The maximum atomic E-state index is 12.4. The SMILES string of the molecule is Cc1cccc(N2C[C@H]3C[C@H](O)[C@@H](NC(=O)CCc4csc(C)n4)C[C@H]3C2)n1. The summed E-state index contributed by atoms with van der Waals surface area (Å²) in [7, 11) is 0. The Morgan fingerprint density at radius 1 is 1.25 bits per heavy atom. The first-order valence-electron chi connectivity index (χ1n) is 10.0. The quantitative estimate of drug-likeness (QED) is 0.806. The monoisotopic (exact) mass is 400 g/mol. The van der Waals surface area contributed by atoms with Crippen LogP contribution in [0, 0.1) is 25.7 Å². The van der Waals surface area contributed by atoms with E-state index in [9.17, 15) is 9.90 Å². The molecule has 1 saturated carbocycles.